The van der Waals surface area contributed by atoms with E-state index in [-0.39, 0.29) is 5.19 Å². The topological polar surface area (TPSA) is 33.1 Å². The van der Waals surface area contributed by atoms with Crippen molar-refractivity contribution in [3.05, 3.63) is 24.3 Å². The van der Waals surface area contributed by atoms with Crippen LogP contribution in [0.1, 0.15) is 0 Å². The molecule has 0 saturated carbocycles. The Balaban J connectivity index is 2.88. The zero-order chi connectivity index (χ0) is 6.97. The quantitative estimate of drug-likeness (QED) is 0.621. The second-order valence-electron chi connectivity index (χ2n) is 1.89. The maximum atomic E-state index is 8.95. The highest BCUT2D eigenvalue weighted by atomic mass is 32.1. The van der Waals surface area contributed by atoms with Gasteiger partial charge in [0.15, 0.2) is 0 Å². The first-order valence-corrected chi connectivity index (χ1v) is 3.63. The average Bonchev–Trinajstić information content (AvgIpc) is 2.27. The number of fused-ring (bicyclic) bond motifs is 1. The summed E-state index contributed by atoms with van der Waals surface area (Å²) in [5, 5.41) is 9.07. The molecule has 0 unspecified atom stereocenters. The lowest BCUT2D eigenvalue weighted by Gasteiger charge is -1.79. The smallest absolute Gasteiger partial charge is 0.271 e. The van der Waals surface area contributed by atoms with E-state index in [2.05, 4.69) is 11.1 Å². The lowest BCUT2D eigenvalue weighted by Crippen LogP contribution is -1.63. The van der Waals surface area contributed by atoms with Crippen LogP contribution in [0.3, 0.4) is 0 Å². The summed E-state index contributed by atoms with van der Waals surface area (Å²) >= 11 is 1.28. The van der Waals surface area contributed by atoms with Crippen molar-refractivity contribution >= 4 is 21.6 Å². The molecule has 0 saturated heterocycles. The third-order valence-electron chi connectivity index (χ3n) is 1.22. The van der Waals surface area contributed by atoms with Crippen LogP contribution in [0.15, 0.2) is 18.2 Å². The van der Waals surface area contributed by atoms with Crippen molar-refractivity contribution in [3.8, 4) is 5.19 Å². The number of benzene rings is 1. The number of aromatic nitrogens is 1. The van der Waals surface area contributed by atoms with Gasteiger partial charge < -0.3 is 5.11 Å². The Kier molecular flexibility index (Phi) is 1.11. The Bertz CT molecular complexity index is 322. The highest BCUT2D eigenvalue weighted by Crippen LogP contribution is 2.25. The lowest BCUT2D eigenvalue weighted by atomic mass is 10.3. The van der Waals surface area contributed by atoms with Crippen molar-refractivity contribution < 1.29 is 5.11 Å². The van der Waals surface area contributed by atoms with Crippen LogP contribution in [-0.2, 0) is 0 Å². The van der Waals surface area contributed by atoms with Gasteiger partial charge in [-0.3, -0.25) is 0 Å². The molecule has 0 aliphatic heterocycles. The molecule has 3 heteroatoms. The molecule has 0 atom stereocenters. The second kappa shape index (κ2) is 1.95. The fourth-order valence-electron chi connectivity index (χ4n) is 0.805. The van der Waals surface area contributed by atoms with Crippen LogP contribution in [0, 0.1) is 6.07 Å². The Morgan fingerprint density at radius 3 is 3.30 bits per heavy atom. The summed E-state index contributed by atoms with van der Waals surface area (Å²) in [6, 6.07) is 8.32. The molecule has 49 valence electrons. The van der Waals surface area contributed by atoms with Gasteiger partial charge in [0, 0.05) is 0 Å². The third kappa shape index (κ3) is 0.752. The zero-order valence-electron chi connectivity index (χ0n) is 5.03. The molecule has 0 amide bonds. The molecule has 0 bridgehead atoms. The summed E-state index contributed by atoms with van der Waals surface area (Å²) in [7, 11) is 0. The zero-order valence-corrected chi connectivity index (χ0v) is 5.85. The van der Waals surface area contributed by atoms with Gasteiger partial charge in [-0.05, 0) is 18.2 Å². The van der Waals surface area contributed by atoms with E-state index >= 15 is 0 Å². The minimum atomic E-state index is 0.120. The third-order valence-corrected chi connectivity index (χ3v) is 2.06. The molecule has 1 N–H and O–H groups in total. The number of hydrogen-bond acceptors (Lipinski definition) is 3. The lowest BCUT2D eigenvalue weighted by molar-refractivity contribution is 0.472. The summed E-state index contributed by atoms with van der Waals surface area (Å²) in [6.45, 7) is 0. The molecule has 0 aliphatic rings. The van der Waals surface area contributed by atoms with Gasteiger partial charge in [0.05, 0.1) is 10.2 Å². The van der Waals surface area contributed by atoms with Gasteiger partial charge in [0.25, 0.3) is 5.19 Å². The maximum absolute atomic E-state index is 8.95. The molecular formula is C7H4NOS. The summed E-state index contributed by atoms with van der Waals surface area (Å²) < 4.78 is 0.997. The van der Waals surface area contributed by atoms with Gasteiger partial charge in [-0.25, -0.2) is 4.98 Å². The predicted molar refractivity (Wildman–Crippen MR) is 40.1 cm³/mol. The average molecular weight is 150 g/mol. The Hall–Kier alpha value is -1.09. The minimum Gasteiger partial charge on any atom is -0.486 e. The normalized spacial score (nSPS) is 10.4. The van der Waals surface area contributed by atoms with E-state index in [9.17, 15) is 0 Å². The predicted octanol–water partition coefficient (Wildman–Crippen LogP) is 1.80. The van der Waals surface area contributed by atoms with Crippen LogP contribution in [0.2, 0.25) is 0 Å². The fourth-order valence-corrected chi connectivity index (χ4v) is 1.49. The molecule has 2 nitrogen and oxygen atoms in total. The second-order valence-corrected chi connectivity index (χ2v) is 2.90. The molecular weight excluding hydrogens is 146 g/mol. The van der Waals surface area contributed by atoms with Gasteiger partial charge in [0.1, 0.15) is 0 Å². The largest absolute Gasteiger partial charge is 0.486 e. The standard InChI is InChI=1S/C7H4NOS/c9-7-8-5-3-1-2-4-6(5)10-7/h2-4H,(H,8,9). The van der Waals surface area contributed by atoms with Gasteiger partial charge in [-0.15, -0.1) is 0 Å². The fraction of sp³-hybridized carbons (Fsp3) is 0. The minimum absolute atomic E-state index is 0.120. The number of hydrogen-bond donors (Lipinski definition) is 1. The van der Waals surface area contributed by atoms with Crippen LogP contribution in [0.5, 0.6) is 5.19 Å². The van der Waals surface area contributed by atoms with Crippen molar-refractivity contribution in [2.24, 2.45) is 0 Å². The first-order valence-electron chi connectivity index (χ1n) is 2.82. The SMILES string of the molecule is Oc1nc2c[c]ccc2s1. The molecule has 2 aromatic rings. The molecule has 1 radical (unpaired) electrons. The summed E-state index contributed by atoms with van der Waals surface area (Å²) in [6.07, 6.45) is 0. The van der Waals surface area contributed by atoms with Gasteiger partial charge in [0.2, 0.25) is 0 Å². The van der Waals surface area contributed by atoms with Crippen LogP contribution < -0.4 is 0 Å². The van der Waals surface area contributed by atoms with Crippen molar-refractivity contribution in [2.45, 2.75) is 0 Å². The summed E-state index contributed by atoms with van der Waals surface area (Å²) in [5.74, 6) is 0. The van der Waals surface area contributed by atoms with Crippen LogP contribution >= 0.6 is 11.3 Å². The number of aromatic hydroxyl groups is 1. The van der Waals surface area contributed by atoms with Gasteiger partial charge in [-0.1, -0.05) is 17.4 Å². The Labute approximate surface area is 61.8 Å². The van der Waals surface area contributed by atoms with E-state index in [1.54, 1.807) is 12.1 Å². The van der Waals surface area contributed by atoms with E-state index in [1.807, 2.05) is 6.07 Å². The highest BCUT2D eigenvalue weighted by Gasteiger charge is 1.98. The Morgan fingerprint density at radius 2 is 2.50 bits per heavy atom. The molecule has 1 heterocycles. The number of thiazole rings is 1. The van der Waals surface area contributed by atoms with Crippen LogP contribution in [0.25, 0.3) is 10.2 Å². The molecule has 1 aromatic carbocycles. The van der Waals surface area contributed by atoms with Gasteiger partial charge >= 0.3 is 0 Å². The number of nitrogens with zero attached hydrogens (tertiary/aromatic N) is 1. The highest BCUT2D eigenvalue weighted by molar-refractivity contribution is 7.20. The van der Waals surface area contributed by atoms with Gasteiger partial charge in [-0.2, -0.15) is 0 Å². The molecule has 1 aromatic heterocycles. The van der Waals surface area contributed by atoms with Crippen molar-refractivity contribution in [1.29, 1.82) is 0 Å². The monoisotopic (exact) mass is 150 g/mol. The van der Waals surface area contributed by atoms with E-state index in [4.69, 9.17) is 5.11 Å². The van der Waals surface area contributed by atoms with Crippen molar-refractivity contribution in [3.63, 3.8) is 0 Å². The van der Waals surface area contributed by atoms with E-state index in [0.29, 0.717) is 0 Å². The first-order chi connectivity index (χ1) is 4.86. The number of rotatable bonds is 0. The summed E-state index contributed by atoms with van der Waals surface area (Å²) in [5.41, 5.74) is 0.810. The Morgan fingerprint density at radius 1 is 1.60 bits per heavy atom. The molecule has 10 heavy (non-hydrogen) atoms. The van der Waals surface area contributed by atoms with Crippen molar-refractivity contribution in [1.82, 2.24) is 4.98 Å². The summed E-state index contributed by atoms with van der Waals surface area (Å²) in [4.78, 5) is 3.86. The van der Waals surface area contributed by atoms with Crippen molar-refractivity contribution in [2.75, 3.05) is 0 Å². The van der Waals surface area contributed by atoms with E-state index in [0.717, 1.165) is 10.2 Å². The molecule has 0 fully saturated rings. The maximum Gasteiger partial charge on any atom is 0.271 e. The van der Waals surface area contributed by atoms with Crippen LogP contribution in [-0.4, -0.2) is 10.1 Å². The van der Waals surface area contributed by atoms with Crippen LogP contribution in [0.4, 0.5) is 0 Å². The molecule has 0 spiro atoms. The first kappa shape index (κ1) is 5.68. The molecule has 2 rings (SSSR count). The molecule has 0 aliphatic carbocycles. The van der Waals surface area contributed by atoms with E-state index < -0.39 is 0 Å². The van der Waals surface area contributed by atoms with E-state index in [1.165, 1.54) is 11.3 Å².